The van der Waals surface area contributed by atoms with Crippen molar-refractivity contribution in [3.8, 4) is 5.75 Å². The van der Waals surface area contributed by atoms with Crippen molar-refractivity contribution in [1.29, 1.82) is 0 Å². The second kappa shape index (κ2) is 5.89. The van der Waals surface area contributed by atoms with E-state index in [0.717, 1.165) is 44.3 Å². The molecule has 0 aromatic heterocycles. The molecule has 134 valence electrons. The van der Waals surface area contributed by atoms with Crippen molar-refractivity contribution in [3.63, 3.8) is 0 Å². The van der Waals surface area contributed by atoms with Crippen LogP contribution < -0.4 is 4.74 Å². The molecule has 0 radical (unpaired) electrons. The van der Waals surface area contributed by atoms with Crippen LogP contribution in [0.1, 0.15) is 62.6 Å². The number of rotatable bonds is 2. The van der Waals surface area contributed by atoms with E-state index in [1.165, 1.54) is 23.6 Å². The number of allylic oxidation sites excluding steroid dienone is 2. The summed E-state index contributed by atoms with van der Waals surface area (Å²) in [6.07, 6.45) is 6.68. The Hall–Kier alpha value is -1.77. The van der Waals surface area contributed by atoms with Gasteiger partial charge in [-0.2, -0.15) is 0 Å². The van der Waals surface area contributed by atoms with Gasteiger partial charge in [0.2, 0.25) is 0 Å². The van der Waals surface area contributed by atoms with E-state index in [0.29, 0.717) is 5.92 Å². The molecule has 3 aliphatic carbocycles. The Morgan fingerprint density at radius 3 is 2.72 bits per heavy atom. The lowest BCUT2D eigenvalue weighted by molar-refractivity contribution is -0.152. The van der Waals surface area contributed by atoms with Crippen LogP contribution in [0, 0.1) is 18.3 Å². The van der Waals surface area contributed by atoms with Gasteiger partial charge in [0.05, 0.1) is 7.11 Å². The predicted molar refractivity (Wildman–Crippen MR) is 98.6 cm³/mol. The first kappa shape index (κ1) is 16.7. The molecule has 1 aromatic rings. The minimum Gasteiger partial charge on any atom is -0.496 e. The SMILES string of the molecule is COc1cc2c(cc1C)C1=C(CC2)[C@@H]2CC[C@H](OC(C)=O)[C@@]2(C)CC1. The molecule has 1 aromatic carbocycles. The van der Waals surface area contributed by atoms with Gasteiger partial charge in [-0.1, -0.05) is 12.5 Å². The summed E-state index contributed by atoms with van der Waals surface area (Å²) in [7, 11) is 1.75. The second-order valence-electron chi connectivity index (χ2n) is 8.22. The highest BCUT2D eigenvalue weighted by atomic mass is 16.5. The number of ether oxygens (including phenoxy) is 2. The van der Waals surface area contributed by atoms with Crippen LogP contribution >= 0.6 is 0 Å². The van der Waals surface area contributed by atoms with E-state index in [-0.39, 0.29) is 17.5 Å². The molecule has 0 spiro atoms. The molecule has 0 N–H and O–H groups in total. The number of aryl methyl sites for hydroxylation is 2. The lowest BCUT2D eigenvalue weighted by atomic mass is 9.62. The highest BCUT2D eigenvalue weighted by Gasteiger charge is 2.52. The summed E-state index contributed by atoms with van der Waals surface area (Å²) >= 11 is 0. The van der Waals surface area contributed by atoms with Crippen LogP contribution in [0.15, 0.2) is 17.7 Å². The number of hydrogen-bond donors (Lipinski definition) is 0. The third-order valence-electron chi connectivity index (χ3n) is 6.89. The molecular formula is C22H28O3. The summed E-state index contributed by atoms with van der Waals surface area (Å²) in [5.41, 5.74) is 7.41. The normalized spacial score (nSPS) is 30.4. The monoisotopic (exact) mass is 340 g/mol. The minimum absolute atomic E-state index is 0.0862. The van der Waals surface area contributed by atoms with Crippen molar-refractivity contribution >= 4 is 11.5 Å². The summed E-state index contributed by atoms with van der Waals surface area (Å²) in [6, 6.07) is 4.56. The van der Waals surface area contributed by atoms with Crippen molar-refractivity contribution in [1.82, 2.24) is 0 Å². The van der Waals surface area contributed by atoms with E-state index >= 15 is 0 Å². The number of benzene rings is 1. The molecule has 3 nitrogen and oxygen atoms in total. The third kappa shape index (κ3) is 2.51. The largest absolute Gasteiger partial charge is 0.496 e. The van der Waals surface area contributed by atoms with Gasteiger partial charge in [0, 0.05) is 12.3 Å². The van der Waals surface area contributed by atoms with Gasteiger partial charge in [-0.15, -0.1) is 0 Å². The molecule has 3 aliphatic rings. The Morgan fingerprint density at radius 2 is 2.00 bits per heavy atom. The first-order valence-corrected chi connectivity index (χ1v) is 9.51. The zero-order chi connectivity index (χ0) is 17.8. The smallest absolute Gasteiger partial charge is 0.302 e. The summed E-state index contributed by atoms with van der Waals surface area (Å²) in [5.74, 6) is 1.43. The first-order valence-electron chi connectivity index (χ1n) is 9.51. The molecule has 1 fully saturated rings. The minimum atomic E-state index is -0.136. The quantitative estimate of drug-likeness (QED) is 0.722. The van der Waals surface area contributed by atoms with Crippen molar-refractivity contribution in [3.05, 3.63) is 34.4 Å². The Kier molecular flexibility index (Phi) is 3.93. The van der Waals surface area contributed by atoms with E-state index < -0.39 is 0 Å². The van der Waals surface area contributed by atoms with Crippen molar-refractivity contribution in [2.75, 3.05) is 7.11 Å². The van der Waals surface area contributed by atoms with Crippen LogP contribution in [0.25, 0.3) is 5.57 Å². The molecule has 0 aliphatic heterocycles. The van der Waals surface area contributed by atoms with Gasteiger partial charge in [-0.25, -0.2) is 0 Å². The predicted octanol–water partition coefficient (Wildman–Crippen LogP) is 4.85. The summed E-state index contributed by atoms with van der Waals surface area (Å²) in [5, 5.41) is 0. The number of carbonyl (C=O) groups excluding carboxylic acids is 1. The van der Waals surface area contributed by atoms with Crippen LogP contribution in [0.3, 0.4) is 0 Å². The molecule has 0 amide bonds. The highest BCUT2D eigenvalue weighted by molar-refractivity contribution is 5.76. The zero-order valence-corrected chi connectivity index (χ0v) is 15.8. The number of esters is 1. The zero-order valence-electron chi connectivity index (χ0n) is 15.8. The summed E-state index contributed by atoms with van der Waals surface area (Å²) in [6.45, 7) is 6.02. The average molecular weight is 340 g/mol. The molecule has 25 heavy (non-hydrogen) atoms. The molecule has 0 heterocycles. The summed E-state index contributed by atoms with van der Waals surface area (Å²) in [4.78, 5) is 11.5. The van der Waals surface area contributed by atoms with Crippen molar-refractivity contribution in [2.45, 2.75) is 65.4 Å². The van der Waals surface area contributed by atoms with Gasteiger partial charge in [0.1, 0.15) is 11.9 Å². The van der Waals surface area contributed by atoms with E-state index in [1.54, 1.807) is 18.3 Å². The number of hydrogen-bond acceptors (Lipinski definition) is 3. The van der Waals surface area contributed by atoms with Crippen molar-refractivity contribution < 1.29 is 14.3 Å². The molecule has 3 atom stereocenters. The van der Waals surface area contributed by atoms with Gasteiger partial charge in [-0.3, -0.25) is 4.79 Å². The van der Waals surface area contributed by atoms with Crippen LogP contribution in [0.4, 0.5) is 0 Å². The Labute approximate surface area is 150 Å². The standard InChI is InChI=1S/C22H28O3/c1-13-11-18-15(12-20(13)24-4)5-6-17-16(18)9-10-22(3)19(17)7-8-21(22)25-14(2)23/h11-12,19,21H,5-10H2,1-4H3/t19-,21-,22-/m0/s1. The van der Waals surface area contributed by atoms with Gasteiger partial charge in [0.15, 0.2) is 0 Å². The fourth-order valence-electron chi connectivity index (χ4n) is 5.61. The maximum atomic E-state index is 11.5. The van der Waals surface area contributed by atoms with Gasteiger partial charge in [-0.05, 0) is 85.8 Å². The molecule has 0 unspecified atom stereocenters. The third-order valence-corrected chi connectivity index (χ3v) is 6.89. The highest BCUT2D eigenvalue weighted by Crippen LogP contribution is 2.59. The van der Waals surface area contributed by atoms with E-state index in [2.05, 4.69) is 26.0 Å². The van der Waals surface area contributed by atoms with E-state index in [9.17, 15) is 4.79 Å². The molecule has 4 rings (SSSR count). The lowest BCUT2D eigenvalue weighted by Gasteiger charge is -2.44. The van der Waals surface area contributed by atoms with Gasteiger partial charge >= 0.3 is 5.97 Å². The van der Waals surface area contributed by atoms with Crippen LogP contribution in [-0.2, 0) is 16.0 Å². The maximum Gasteiger partial charge on any atom is 0.302 e. The Morgan fingerprint density at radius 1 is 1.20 bits per heavy atom. The fraction of sp³-hybridized carbons (Fsp3) is 0.591. The molecule has 0 saturated heterocycles. The Balaban J connectivity index is 1.73. The maximum absolute atomic E-state index is 11.5. The van der Waals surface area contributed by atoms with Crippen LogP contribution in [0.5, 0.6) is 5.75 Å². The number of fused-ring (bicyclic) bond motifs is 4. The average Bonchev–Trinajstić information content (AvgIpc) is 2.90. The second-order valence-corrected chi connectivity index (χ2v) is 8.22. The Bertz CT molecular complexity index is 761. The van der Waals surface area contributed by atoms with Crippen molar-refractivity contribution in [2.24, 2.45) is 11.3 Å². The van der Waals surface area contributed by atoms with Gasteiger partial charge < -0.3 is 9.47 Å². The van der Waals surface area contributed by atoms with Crippen LogP contribution in [-0.4, -0.2) is 19.2 Å². The van der Waals surface area contributed by atoms with Gasteiger partial charge in [0.25, 0.3) is 0 Å². The first-order chi connectivity index (χ1) is 11.9. The summed E-state index contributed by atoms with van der Waals surface area (Å²) < 4.78 is 11.2. The molecular weight excluding hydrogens is 312 g/mol. The number of carbonyl (C=O) groups is 1. The fourth-order valence-corrected chi connectivity index (χ4v) is 5.61. The van der Waals surface area contributed by atoms with E-state index in [4.69, 9.17) is 9.47 Å². The topological polar surface area (TPSA) is 35.5 Å². The molecule has 0 bridgehead atoms. The molecule has 3 heteroatoms. The molecule has 1 saturated carbocycles. The van der Waals surface area contributed by atoms with Crippen LogP contribution in [0.2, 0.25) is 0 Å². The number of methoxy groups -OCH3 is 1. The van der Waals surface area contributed by atoms with E-state index in [1.807, 2.05) is 0 Å². The lowest BCUT2D eigenvalue weighted by Crippen LogP contribution is -2.39.